The van der Waals surface area contributed by atoms with Crippen LogP contribution in [0, 0.1) is 6.92 Å². The predicted octanol–water partition coefficient (Wildman–Crippen LogP) is 3.35. The van der Waals surface area contributed by atoms with Gasteiger partial charge in [0.1, 0.15) is 12.4 Å². The molecule has 0 spiro atoms. The number of hydrogen-bond donors (Lipinski definition) is 0. The Labute approximate surface area is 106 Å². The standard InChI is InChI=1S/C15H13N2O/c1-11-6-8-12(9-7-11)18-10-15-16-13-4-2-3-5-14(13)17-15/h2-9H,10H2,1H3. The fourth-order valence-electron chi connectivity index (χ4n) is 1.80. The lowest BCUT2D eigenvalue weighted by molar-refractivity contribution is 0.374. The molecule has 0 aliphatic carbocycles. The van der Waals surface area contributed by atoms with Crippen LogP contribution < -0.4 is 10.1 Å². The van der Waals surface area contributed by atoms with Crippen molar-refractivity contribution in [3.8, 4) is 5.75 Å². The highest BCUT2D eigenvalue weighted by atomic mass is 16.5. The highest BCUT2D eigenvalue weighted by Crippen LogP contribution is 2.29. The van der Waals surface area contributed by atoms with E-state index in [1.165, 1.54) is 5.56 Å². The fraction of sp³-hybridized carbons (Fsp3) is 0.133. The minimum absolute atomic E-state index is 0.401. The molecule has 3 rings (SSSR count). The predicted molar refractivity (Wildman–Crippen MR) is 72.0 cm³/mol. The highest BCUT2D eigenvalue weighted by Gasteiger charge is 2.14. The SMILES string of the molecule is Cc1ccc(OCC2=Nc3ccccc3[N]2)cc1. The van der Waals surface area contributed by atoms with E-state index < -0.39 is 0 Å². The van der Waals surface area contributed by atoms with Crippen molar-refractivity contribution < 1.29 is 4.74 Å². The minimum Gasteiger partial charge on any atom is -0.486 e. The van der Waals surface area contributed by atoms with E-state index in [9.17, 15) is 0 Å². The van der Waals surface area contributed by atoms with E-state index in [1.807, 2.05) is 48.5 Å². The summed E-state index contributed by atoms with van der Waals surface area (Å²) in [7, 11) is 0. The molecule has 0 amide bonds. The van der Waals surface area contributed by atoms with E-state index in [0.717, 1.165) is 23.0 Å². The molecule has 1 aliphatic heterocycles. The summed E-state index contributed by atoms with van der Waals surface area (Å²) in [5.41, 5.74) is 3.05. The lowest BCUT2D eigenvalue weighted by Crippen LogP contribution is -2.16. The maximum atomic E-state index is 5.65. The van der Waals surface area contributed by atoms with Crippen molar-refractivity contribution in [2.75, 3.05) is 6.61 Å². The summed E-state index contributed by atoms with van der Waals surface area (Å²) in [6.45, 7) is 2.45. The Kier molecular flexibility index (Phi) is 2.73. The molecule has 18 heavy (non-hydrogen) atoms. The smallest absolute Gasteiger partial charge is 0.167 e. The Morgan fingerprint density at radius 3 is 2.39 bits per heavy atom. The van der Waals surface area contributed by atoms with E-state index in [4.69, 9.17) is 4.74 Å². The number of nitrogens with zero attached hydrogens (tertiary/aromatic N) is 2. The summed E-state index contributed by atoms with van der Waals surface area (Å²) in [4.78, 5) is 4.41. The lowest BCUT2D eigenvalue weighted by atomic mass is 10.2. The second-order valence-electron chi connectivity index (χ2n) is 4.23. The molecule has 3 heteroatoms. The quantitative estimate of drug-likeness (QED) is 0.806. The van der Waals surface area contributed by atoms with Crippen LogP contribution in [0.2, 0.25) is 0 Å². The molecule has 1 aliphatic rings. The molecule has 0 bridgehead atoms. The van der Waals surface area contributed by atoms with Crippen LogP contribution in [0.15, 0.2) is 53.5 Å². The van der Waals surface area contributed by atoms with Gasteiger partial charge < -0.3 is 4.74 Å². The Balaban J connectivity index is 1.65. The topological polar surface area (TPSA) is 35.7 Å². The molecule has 0 fully saturated rings. The van der Waals surface area contributed by atoms with Gasteiger partial charge in [0.05, 0.1) is 11.4 Å². The molecule has 0 unspecified atom stereocenters. The van der Waals surface area contributed by atoms with Gasteiger partial charge in [0.15, 0.2) is 5.84 Å². The van der Waals surface area contributed by atoms with Gasteiger partial charge >= 0.3 is 0 Å². The monoisotopic (exact) mass is 237 g/mol. The van der Waals surface area contributed by atoms with Gasteiger partial charge in [-0.1, -0.05) is 29.8 Å². The zero-order chi connectivity index (χ0) is 12.4. The van der Waals surface area contributed by atoms with Gasteiger partial charge in [-0.3, -0.25) is 0 Å². The van der Waals surface area contributed by atoms with Gasteiger partial charge in [-0.2, -0.15) is 0 Å². The van der Waals surface area contributed by atoms with E-state index in [-0.39, 0.29) is 0 Å². The summed E-state index contributed by atoms with van der Waals surface area (Å²) < 4.78 is 5.65. The van der Waals surface area contributed by atoms with Crippen molar-refractivity contribution in [2.24, 2.45) is 4.99 Å². The first-order valence-electron chi connectivity index (χ1n) is 5.89. The van der Waals surface area contributed by atoms with Crippen LogP contribution in [-0.2, 0) is 0 Å². The van der Waals surface area contributed by atoms with Crippen LogP contribution in [0.4, 0.5) is 11.4 Å². The normalized spacial score (nSPS) is 12.6. The number of aliphatic imine (C=N–C) groups is 1. The van der Waals surface area contributed by atoms with E-state index >= 15 is 0 Å². The molecular weight excluding hydrogens is 224 g/mol. The Bertz CT molecular complexity index is 588. The van der Waals surface area contributed by atoms with Gasteiger partial charge in [-0.05, 0) is 31.2 Å². The molecule has 1 radical (unpaired) electrons. The summed E-state index contributed by atoms with van der Waals surface area (Å²) in [6, 6.07) is 15.8. The van der Waals surface area contributed by atoms with Crippen molar-refractivity contribution in [1.82, 2.24) is 5.32 Å². The van der Waals surface area contributed by atoms with Gasteiger partial charge in [0.25, 0.3) is 0 Å². The third-order valence-corrected chi connectivity index (χ3v) is 2.77. The molecule has 0 N–H and O–H groups in total. The summed E-state index contributed by atoms with van der Waals surface area (Å²) in [5.74, 6) is 1.56. The van der Waals surface area contributed by atoms with Gasteiger partial charge in [0.2, 0.25) is 0 Å². The molecule has 2 aromatic rings. The van der Waals surface area contributed by atoms with Crippen LogP contribution in [0.5, 0.6) is 5.75 Å². The van der Waals surface area contributed by atoms with Crippen LogP contribution in [0.25, 0.3) is 0 Å². The van der Waals surface area contributed by atoms with Crippen molar-refractivity contribution in [1.29, 1.82) is 0 Å². The molecule has 0 atom stereocenters. The third kappa shape index (κ3) is 2.20. The number of benzene rings is 2. The Hall–Kier alpha value is -2.29. The average molecular weight is 237 g/mol. The van der Waals surface area contributed by atoms with Gasteiger partial charge in [0, 0.05) is 0 Å². The number of aryl methyl sites for hydroxylation is 1. The molecule has 2 aromatic carbocycles. The van der Waals surface area contributed by atoms with Crippen LogP contribution in [0.3, 0.4) is 0 Å². The van der Waals surface area contributed by atoms with Crippen molar-refractivity contribution >= 4 is 17.2 Å². The lowest BCUT2D eigenvalue weighted by Gasteiger charge is -2.05. The maximum absolute atomic E-state index is 5.65. The molecule has 1 heterocycles. The number of hydrogen-bond acceptors (Lipinski definition) is 2. The van der Waals surface area contributed by atoms with E-state index in [0.29, 0.717) is 6.61 Å². The highest BCUT2D eigenvalue weighted by molar-refractivity contribution is 5.96. The number of rotatable bonds is 3. The summed E-state index contributed by atoms with van der Waals surface area (Å²) in [6.07, 6.45) is 0. The second kappa shape index (κ2) is 4.53. The Morgan fingerprint density at radius 2 is 1.67 bits per heavy atom. The first kappa shape index (κ1) is 10.8. The van der Waals surface area contributed by atoms with Crippen molar-refractivity contribution in [2.45, 2.75) is 6.92 Å². The number of amidine groups is 1. The number of ether oxygens (including phenoxy) is 1. The summed E-state index contributed by atoms with van der Waals surface area (Å²) in [5, 5.41) is 4.41. The van der Waals surface area contributed by atoms with E-state index in [1.54, 1.807) is 0 Å². The average Bonchev–Trinajstić information content (AvgIpc) is 2.81. The zero-order valence-electron chi connectivity index (χ0n) is 10.1. The van der Waals surface area contributed by atoms with Gasteiger partial charge in [-0.15, -0.1) is 0 Å². The van der Waals surface area contributed by atoms with Crippen molar-refractivity contribution in [3.63, 3.8) is 0 Å². The maximum Gasteiger partial charge on any atom is 0.167 e. The molecule has 0 aromatic heterocycles. The molecule has 3 nitrogen and oxygen atoms in total. The van der Waals surface area contributed by atoms with E-state index in [2.05, 4.69) is 17.2 Å². The van der Waals surface area contributed by atoms with Crippen molar-refractivity contribution in [3.05, 3.63) is 54.1 Å². The molecule has 0 saturated carbocycles. The molecule has 0 saturated heterocycles. The Morgan fingerprint density at radius 1 is 0.944 bits per heavy atom. The molecular formula is C15H13N2O. The van der Waals surface area contributed by atoms with Crippen LogP contribution in [-0.4, -0.2) is 12.4 Å². The summed E-state index contributed by atoms with van der Waals surface area (Å²) >= 11 is 0. The largest absolute Gasteiger partial charge is 0.486 e. The number of fused-ring (bicyclic) bond motifs is 1. The first-order chi connectivity index (χ1) is 8.81. The fourth-order valence-corrected chi connectivity index (χ4v) is 1.80. The first-order valence-corrected chi connectivity index (χ1v) is 5.89. The van der Waals surface area contributed by atoms with Crippen LogP contribution >= 0.6 is 0 Å². The second-order valence-corrected chi connectivity index (χ2v) is 4.23. The zero-order valence-corrected chi connectivity index (χ0v) is 10.1. The third-order valence-electron chi connectivity index (χ3n) is 2.77. The van der Waals surface area contributed by atoms with Crippen LogP contribution in [0.1, 0.15) is 5.56 Å². The minimum atomic E-state index is 0.401. The molecule has 89 valence electrons. The number of para-hydroxylation sites is 2. The van der Waals surface area contributed by atoms with Gasteiger partial charge in [-0.25, -0.2) is 10.3 Å².